The number of aryl methyl sites for hydroxylation is 1. The Hall–Kier alpha value is -1.40. The first kappa shape index (κ1) is 17.4. The summed E-state index contributed by atoms with van der Waals surface area (Å²) in [5.41, 5.74) is 0. The molecule has 2 saturated heterocycles. The second-order valence-corrected chi connectivity index (χ2v) is 7.07. The van der Waals surface area contributed by atoms with Crippen LogP contribution in [0.1, 0.15) is 51.4 Å². The summed E-state index contributed by atoms with van der Waals surface area (Å²) in [5, 5.41) is 0. The quantitative estimate of drug-likeness (QED) is 0.826. The zero-order valence-corrected chi connectivity index (χ0v) is 15.1. The highest BCUT2D eigenvalue weighted by Gasteiger charge is 2.32. The number of imidazole rings is 1. The molecule has 0 aliphatic carbocycles. The Kier molecular flexibility index (Phi) is 5.56. The molecular weight excluding hydrogens is 304 g/mol. The van der Waals surface area contributed by atoms with Crippen LogP contribution in [0.25, 0.3) is 0 Å². The molecule has 2 fully saturated rings. The van der Waals surface area contributed by atoms with Gasteiger partial charge in [0.15, 0.2) is 0 Å². The van der Waals surface area contributed by atoms with E-state index in [-0.39, 0.29) is 18.1 Å². The van der Waals surface area contributed by atoms with Crippen molar-refractivity contribution in [2.75, 3.05) is 26.2 Å². The number of hydrogen-bond donors (Lipinski definition) is 0. The maximum atomic E-state index is 12.7. The lowest BCUT2D eigenvalue weighted by Crippen LogP contribution is -2.51. The summed E-state index contributed by atoms with van der Waals surface area (Å²) in [7, 11) is 2.02. The van der Waals surface area contributed by atoms with Crippen LogP contribution in [0.5, 0.6) is 0 Å². The molecular formula is C18H30N4O2. The van der Waals surface area contributed by atoms with E-state index in [1.54, 1.807) is 0 Å². The van der Waals surface area contributed by atoms with E-state index in [0.29, 0.717) is 12.5 Å². The van der Waals surface area contributed by atoms with Crippen LogP contribution in [0.3, 0.4) is 0 Å². The molecule has 134 valence electrons. The molecule has 6 heteroatoms. The highest BCUT2D eigenvalue weighted by Crippen LogP contribution is 2.26. The van der Waals surface area contributed by atoms with Gasteiger partial charge in [-0.2, -0.15) is 0 Å². The molecule has 3 rings (SSSR count). The molecule has 0 spiro atoms. The fourth-order valence-electron chi connectivity index (χ4n) is 3.91. The van der Waals surface area contributed by atoms with Gasteiger partial charge in [0.2, 0.25) is 5.91 Å². The van der Waals surface area contributed by atoms with Crippen LogP contribution in [-0.2, 0) is 16.6 Å². The van der Waals surface area contributed by atoms with Crippen LogP contribution in [-0.4, -0.2) is 63.6 Å². The smallest absolute Gasteiger partial charge is 0.222 e. The highest BCUT2D eigenvalue weighted by atomic mass is 16.5. The molecule has 0 N–H and O–H groups in total. The molecule has 3 atom stereocenters. The van der Waals surface area contributed by atoms with Gasteiger partial charge in [0.1, 0.15) is 5.82 Å². The van der Waals surface area contributed by atoms with Crippen molar-refractivity contribution in [1.29, 1.82) is 0 Å². The molecule has 6 nitrogen and oxygen atoms in total. The Bertz CT molecular complexity index is 559. The molecule has 0 radical (unpaired) electrons. The normalized spacial score (nSPS) is 28.5. The Morgan fingerprint density at radius 3 is 2.83 bits per heavy atom. The van der Waals surface area contributed by atoms with Gasteiger partial charge in [-0.05, 0) is 32.7 Å². The predicted molar refractivity (Wildman–Crippen MR) is 92.6 cm³/mol. The zero-order valence-electron chi connectivity index (χ0n) is 15.1. The van der Waals surface area contributed by atoms with Gasteiger partial charge in [-0.25, -0.2) is 4.98 Å². The first-order valence-electron chi connectivity index (χ1n) is 9.23. The largest absolute Gasteiger partial charge is 0.375 e. The summed E-state index contributed by atoms with van der Waals surface area (Å²) in [5.74, 6) is 1.30. The lowest BCUT2D eigenvalue weighted by molar-refractivity contribution is -0.135. The van der Waals surface area contributed by atoms with E-state index in [2.05, 4.69) is 28.3 Å². The number of nitrogens with zero attached hydrogens (tertiary/aromatic N) is 4. The van der Waals surface area contributed by atoms with Crippen LogP contribution in [0, 0.1) is 0 Å². The number of carbonyl (C=O) groups excluding carboxylic acids is 1. The van der Waals surface area contributed by atoms with Gasteiger partial charge in [0.25, 0.3) is 0 Å². The van der Waals surface area contributed by atoms with Gasteiger partial charge < -0.3 is 14.2 Å². The monoisotopic (exact) mass is 334 g/mol. The zero-order chi connectivity index (χ0) is 17.1. The summed E-state index contributed by atoms with van der Waals surface area (Å²) in [6.07, 6.45) is 8.09. The maximum Gasteiger partial charge on any atom is 0.222 e. The number of aromatic nitrogens is 2. The topological polar surface area (TPSA) is 50.6 Å². The van der Waals surface area contributed by atoms with E-state index >= 15 is 0 Å². The van der Waals surface area contributed by atoms with Crippen LogP contribution in [0.15, 0.2) is 12.4 Å². The van der Waals surface area contributed by atoms with E-state index < -0.39 is 0 Å². The first-order valence-corrected chi connectivity index (χ1v) is 9.23. The summed E-state index contributed by atoms with van der Waals surface area (Å²) in [4.78, 5) is 21.6. The average molecular weight is 334 g/mol. The molecule has 2 aliphatic rings. The Balaban J connectivity index is 1.58. The van der Waals surface area contributed by atoms with Gasteiger partial charge in [-0.15, -0.1) is 0 Å². The number of hydrogen-bond acceptors (Lipinski definition) is 4. The van der Waals surface area contributed by atoms with Gasteiger partial charge in [-0.1, -0.05) is 6.92 Å². The fourth-order valence-corrected chi connectivity index (χ4v) is 3.91. The van der Waals surface area contributed by atoms with Gasteiger partial charge in [0.05, 0.1) is 18.2 Å². The molecule has 0 aromatic carbocycles. The number of likely N-dealkylation sites (N-methyl/N-ethyl adjacent to an activating group) is 1. The van der Waals surface area contributed by atoms with Crippen LogP contribution in [0.2, 0.25) is 0 Å². The minimum Gasteiger partial charge on any atom is -0.375 e. The molecule has 0 bridgehead atoms. The number of rotatable bonds is 5. The van der Waals surface area contributed by atoms with E-state index in [1.807, 2.05) is 24.3 Å². The summed E-state index contributed by atoms with van der Waals surface area (Å²) in [6, 6.07) is 0.190. The molecule has 0 saturated carbocycles. The number of amides is 1. The summed E-state index contributed by atoms with van der Waals surface area (Å²) >= 11 is 0. The lowest BCUT2D eigenvalue weighted by atomic mass is 10.1. The highest BCUT2D eigenvalue weighted by molar-refractivity contribution is 5.76. The fraction of sp³-hybridized carbons (Fsp3) is 0.778. The van der Waals surface area contributed by atoms with E-state index in [4.69, 9.17) is 4.74 Å². The maximum absolute atomic E-state index is 12.7. The molecule has 3 heterocycles. The lowest BCUT2D eigenvalue weighted by Gasteiger charge is -2.40. The number of piperazine rings is 1. The standard InChI is InChI=1S/C18H30N4O2/c1-4-21-11-12-22(13-16(21)18-19-9-10-20(18)3)17(23)8-7-15-6-5-14(2)24-15/h9-10,14-16H,4-8,11-13H2,1-3H3. The van der Waals surface area contributed by atoms with Crippen molar-refractivity contribution in [2.45, 2.75) is 57.8 Å². The van der Waals surface area contributed by atoms with Gasteiger partial charge in [-0.3, -0.25) is 9.69 Å². The predicted octanol–water partition coefficient (Wildman–Crippen LogP) is 1.97. The van der Waals surface area contributed by atoms with E-state index in [1.165, 1.54) is 0 Å². The summed E-state index contributed by atoms with van der Waals surface area (Å²) < 4.78 is 7.90. The molecule has 24 heavy (non-hydrogen) atoms. The summed E-state index contributed by atoms with van der Waals surface area (Å²) in [6.45, 7) is 7.73. The van der Waals surface area contributed by atoms with Crippen molar-refractivity contribution in [1.82, 2.24) is 19.4 Å². The number of carbonyl (C=O) groups is 1. The van der Waals surface area contributed by atoms with Crippen molar-refractivity contribution >= 4 is 5.91 Å². The molecule has 1 aromatic heterocycles. The third-order valence-corrected chi connectivity index (χ3v) is 5.41. The number of ether oxygens (including phenoxy) is 1. The van der Waals surface area contributed by atoms with E-state index in [9.17, 15) is 4.79 Å². The second-order valence-electron chi connectivity index (χ2n) is 7.07. The molecule has 1 aromatic rings. The minimum atomic E-state index is 0.190. The van der Waals surface area contributed by atoms with Gasteiger partial charge >= 0.3 is 0 Å². The van der Waals surface area contributed by atoms with Crippen molar-refractivity contribution in [3.8, 4) is 0 Å². The van der Waals surface area contributed by atoms with Crippen LogP contribution < -0.4 is 0 Å². The minimum absolute atomic E-state index is 0.190. The molecule has 3 unspecified atom stereocenters. The third-order valence-electron chi connectivity index (χ3n) is 5.41. The van der Waals surface area contributed by atoms with Gasteiger partial charge in [0, 0.05) is 45.5 Å². The first-order chi connectivity index (χ1) is 11.6. The molecule has 1 amide bonds. The van der Waals surface area contributed by atoms with Crippen molar-refractivity contribution < 1.29 is 9.53 Å². The van der Waals surface area contributed by atoms with Crippen LogP contribution >= 0.6 is 0 Å². The van der Waals surface area contributed by atoms with Crippen molar-refractivity contribution in [2.24, 2.45) is 7.05 Å². The Morgan fingerprint density at radius 1 is 1.38 bits per heavy atom. The average Bonchev–Trinajstić information content (AvgIpc) is 3.20. The Labute approximate surface area is 144 Å². The van der Waals surface area contributed by atoms with Crippen molar-refractivity contribution in [3.63, 3.8) is 0 Å². The molecule has 2 aliphatic heterocycles. The Morgan fingerprint density at radius 2 is 2.21 bits per heavy atom. The third kappa shape index (κ3) is 3.81. The van der Waals surface area contributed by atoms with Crippen LogP contribution in [0.4, 0.5) is 0 Å². The SMILES string of the molecule is CCN1CCN(C(=O)CCC2CCC(C)O2)CC1c1nccn1C. The second kappa shape index (κ2) is 7.66. The van der Waals surface area contributed by atoms with Crippen molar-refractivity contribution in [3.05, 3.63) is 18.2 Å². The van der Waals surface area contributed by atoms with E-state index in [0.717, 1.165) is 51.3 Å².